The molecular formula is C28H25N3O4. The summed E-state index contributed by atoms with van der Waals surface area (Å²) in [5.41, 5.74) is 4.28. The molecular weight excluding hydrogens is 442 g/mol. The summed E-state index contributed by atoms with van der Waals surface area (Å²) in [6.07, 6.45) is 1.61. The molecule has 0 aliphatic heterocycles. The molecule has 1 heterocycles. The van der Waals surface area contributed by atoms with Crippen LogP contribution in [0.15, 0.2) is 90.6 Å². The number of carbonyl (C=O) groups is 2. The average molecular weight is 468 g/mol. The van der Waals surface area contributed by atoms with Gasteiger partial charge in [-0.15, -0.1) is 0 Å². The molecule has 0 fully saturated rings. The van der Waals surface area contributed by atoms with Gasteiger partial charge in [-0.2, -0.15) is 5.10 Å². The van der Waals surface area contributed by atoms with Crippen LogP contribution < -0.4 is 10.1 Å². The molecule has 3 aromatic carbocycles. The molecule has 7 heteroatoms. The lowest BCUT2D eigenvalue weighted by Crippen LogP contribution is -2.28. The number of methoxy groups -OCH3 is 2. The first-order valence-electron chi connectivity index (χ1n) is 11.0. The lowest BCUT2D eigenvalue weighted by atomic mass is 10.0. The van der Waals surface area contributed by atoms with Crippen LogP contribution in [0, 0.1) is 6.92 Å². The smallest absolute Gasteiger partial charge is 0.354 e. The summed E-state index contributed by atoms with van der Waals surface area (Å²) < 4.78 is 12.1. The Bertz CT molecular complexity index is 1360. The summed E-state index contributed by atoms with van der Waals surface area (Å²) in [6, 6.07) is 25.9. The van der Waals surface area contributed by atoms with Crippen molar-refractivity contribution in [1.82, 2.24) is 15.1 Å². The molecule has 0 saturated heterocycles. The first-order chi connectivity index (χ1) is 17.0. The molecule has 0 radical (unpaired) electrons. The molecule has 0 spiro atoms. The number of nitrogens with zero attached hydrogens (tertiary/aromatic N) is 2. The van der Waals surface area contributed by atoms with Crippen molar-refractivity contribution in [2.24, 2.45) is 0 Å². The highest BCUT2D eigenvalue weighted by atomic mass is 16.5. The average Bonchev–Trinajstić information content (AvgIpc) is 3.24. The molecule has 176 valence electrons. The zero-order chi connectivity index (χ0) is 24.8. The van der Waals surface area contributed by atoms with Crippen molar-refractivity contribution in [1.29, 1.82) is 0 Å². The zero-order valence-electron chi connectivity index (χ0n) is 19.7. The Morgan fingerprint density at radius 3 is 2.11 bits per heavy atom. The highest BCUT2D eigenvalue weighted by Gasteiger charge is 2.21. The summed E-state index contributed by atoms with van der Waals surface area (Å²) in [6.45, 7) is 1.85. The Morgan fingerprint density at radius 2 is 1.51 bits per heavy atom. The number of nitrogens with one attached hydrogen (secondary N) is 1. The van der Waals surface area contributed by atoms with Crippen LogP contribution in [0.2, 0.25) is 0 Å². The maximum absolute atomic E-state index is 12.8. The van der Waals surface area contributed by atoms with E-state index in [9.17, 15) is 9.59 Å². The second-order valence-corrected chi connectivity index (χ2v) is 7.69. The molecule has 35 heavy (non-hydrogen) atoms. The number of benzene rings is 3. The quantitative estimate of drug-likeness (QED) is 0.312. The lowest BCUT2D eigenvalue weighted by Gasteiger charge is -2.11. The summed E-state index contributed by atoms with van der Waals surface area (Å²) >= 11 is 0. The van der Waals surface area contributed by atoms with Crippen LogP contribution >= 0.6 is 0 Å². The maximum Gasteiger partial charge on any atom is 0.354 e. The molecule has 0 bridgehead atoms. The number of carbonyl (C=O) groups excluding carboxylic acids is 2. The Labute approximate surface area is 203 Å². The molecule has 0 aliphatic carbocycles. The van der Waals surface area contributed by atoms with E-state index in [0.717, 1.165) is 22.7 Å². The predicted octanol–water partition coefficient (Wildman–Crippen LogP) is 4.80. The number of hydrogen-bond donors (Lipinski definition) is 1. The molecule has 0 atom stereocenters. The lowest BCUT2D eigenvalue weighted by molar-refractivity contribution is -0.136. The zero-order valence-corrected chi connectivity index (χ0v) is 19.7. The number of esters is 1. The van der Waals surface area contributed by atoms with Gasteiger partial charge in [-0.25, -0.2) is 9.48 Å². The third-order valence-electron chi connectivity index (χ3n) is 5.45. The van der Waals surface area contributed by atoms with Crippen LogP contribution in [-0.4, -0.2) is 35.9 Å². The van der Waals surface area contributed by atoms with Crippen molar-refractivity contribution < 1.29 is 19.1 Å². The standard InChI is InChI=1S/C28H25N3O4/c1-19-24(18-25(28(33)35-3)29-27(32)21-12-8-5-9-13-21)26(20-10-6-4-7-11-20)31(30-19)22-14-16-23(34-2)17-15-22/h4-18H,1-3H3,(H,29,32)/b25-18+. The molecule has 4 aromatic rings. The normalized spacial score (nSPS) is 11.1. The third kappa shape index (κ3) is 5.14. The first kappa shape index (κ1) is 23.5. The number of hydrogen-bond acceptors (Lipinski definition) is 5. The summed E-state index contributed by atoms with van der Waals surface area (Å²) in [5.74, 6) is -0.343. The highest BCUT2D eigenvalue weighted by molar-refractivity contribution is 6.03. The Morgan fingerprint density at radius 1 is 0.886 bits per heavy atom. The van der Waals surface area contributed by atoms with Crippen LogP contribution in [0.3, 0.4) is 0 Å². The van der Waals surface area contributed by atoms with Gasteiger partial charge in [-0.3, -0.25) is 4.79 Å². The number of ether oxygens (including phenoxy) is 2. The number of rotatable bonds is 7. The minimum atomic E-state index is -0.662. The Hall–Kier alpha value is -4.65. The van der Waals surface area contributed by atoms with Gasteiger partial charge in [-0.1, -0.05) is 48.5 Å². The topological polar surface area (TPSA) is 82.4 Å². The first-order valence-corrected chi connectivity index (χ1v) is 11.0. The van der Waals surface area contributed by atoms with E-state index in [1.165, 1.54) is 7.11 Å². The fraction of sp³-hybridized carbons (Fsp3) is 0.107. The Kier molecular flexibility index (Phi) is 7.07. The molecule has 7 nitrogen and oxygen atoms in total. The second kappa shape index (κ2) is 10.5. The largest absolute Gasteiger partial charge is 0.497 e. The highest BCUT2D eigenvalue weighted by Crippen LogP contribution is 2.31. The maximum atomic E-state index is 12.8. The molecule has 0 saturated carbocycles. The van der Waals surface area contributed by atoms with E-state index >= 15 is 0 Å². The third-order valence-corrected chi connectivity index (χ3v) is 5.45. The van der Waals surface area contributed by atoms with Gasteiger partial charge in [0.05, 0.1) is 31.3 Å². The molecule has 1 aromatic heterocycles. The van der Waals surface area contributed by atoms with E-state index in [4.69, 9.17) is 14.6 Å². The number of amides is 1. The van der Waals surface area contributed by atoms with Gasteiger partial charge in [0.25, 0.3) is 5.91 Å². The molecule has 1 amide bonds. The van der Waals surface area contributed by atoms with Crippen LogP contribution in [-0.2, 0) is 9.53 Å². The minimum Gasteiger partial charge on any atom is -0.497 e. The predicted molar refractivity (Wildman–Crippen MR) is 134 cm³/mol. The van der Waals surface area contributed by atoms with Crippen LogP contribution in [0.5, 0.6) is 5.75 Å². The molecule has 4 rings (SSSR count). The van der Waals surface area contributed by atoms with Crippen LogP contribution in [0.1, 0.15) is 21.6 Å². The number of aromatic nitrogens is 2. The van der Waals surface area contributed by atoms with Crippen molar-refractivity contribution in [2.45, 2.75) is 6.92 Å². The second-order valence-electron chi connectivity index (χ2n) is 7.69. The minimum absolute atomic E-state index is 0.0101. The van der Waals surface area contributed by atoms with Gasteiger partial charge in [0.15, 0.2) is 0 Å². The Balaban J connectivity index is 1.85. The van der Waals surface area contributed by atoms with E-state index < -0.39 is 11.9 Å². The van der Waals surface area contributed by atoms with E-state index in [0.29, 0.717) is 16.8 Å². The fourth-order valence-corrected chi connectivity index (χ4v) is 3.68. The summed E-state index contributed by atoms with van der Waals surface area (Å²) in [4.78, 5) is 25.4. The van der Waals surface area contributed by atoms with Gasteiger partial charge < -0.3 is 14.8 Å². The molecule has 0 unspecified atom stereocenters. The monoisotopic (exact) mass is 467 g/mol. The summed E-state index contributed by atoms with van der Waals surface area (Å²) in [7, 11) is 2.89. The molecule has 1 N–H and O–H groups in total. The van der Waals surface area contributed by atoms with Gasteiger partial charge in [0, 0.05) is 16.7 Å². The van der Waals surface area contributed by atoms with E-state index in [-0.39, 0.29) is 5.70 Å². The SMILES string of the molecule is COC(=O)/C(=C\c1c(C)nn(-c2ccc(OC)cc2)c1-c1ccccc1)NC(=O)c1ccccc1. The van der Waals surface area contributed by atoms with Gasteiger partial charge in [0.2, 0.25) is 0 Å². The molecule has 0 aliphatic rings. The van der Waals surface area contributed by atoms with Crippen molar-refractivity contribution in [3.63, 3.8) is 0 Å². The fourth-order valence-electron chi connectivity index (χ4n) is 3.68. The number of aryl methyl sites for hydroxylation is 1. The van der Waals surface area contributed by atoms with E-state index in [1.807, 2.05) is 72.3 Å². The van der Waals surface area contributed by atoms with Crippen molar-refractivity contribution in [3.05, 3.63) is 107 Å². The van der Waals surface area contributed by atoms with E-state index in [2.05, 4.69) is 5.32 Å². The van der Waals surface area contributed by atoms with Gasteiger partial charge >= 0.3 is 5.97 Å². The van der Waals surface area contributed by atoms with Gasteiger partial charge in [-0.05, 0) is 49.4 Å². The van der Waals surface area contributed by atoms with Crippen LogP contribution in [0.25, 0.3) is 23.0 Å². The van der Waals surface area contributed by atoms with Crippen molar-refractivity contribution in [2.75, 3.05) is 14.2 Å². The van der Waals surface area contributed by atoms with E-state index in [1.54, 1.807) is 37.5 Å². The summed E-state index contributed by atoms with van der Waals surface area (Å²) in [5, 5.41) is 7.45. The van der Waals surface area contributed by atoms with Crippen molar-refractivity contribution in [3.8, 4) is 22.7 Å². The van der Waals surface area contributed by atoms with Gasteiger partial charge in [0.1, 0.15) is 11.4 Å². The van der Waals surface area contributed by atoms with Crippen molar-refractivity contribution >= 4 is 18.0 Å². The van der Waals surface area contributed by atoms with Crippen LogP contribution in [0.4, 0.5) is 0 Å².